The molecule has 0 aliphatic carbocycles. The maximum absolute atomic E-state index is 12.5. The Hall–Kier alpha value is -3.03. The summed E-state index contributed by atoms with van der Waals surface area (Å²) in [5.41, 5.74) is 0.744. The lowest BCUT2D eigenvalue weighted by atomic mass is 10.3. The van der Waals surface area contributed by atoms with E-state index < -0.39 is 16.1 Å². The van der Waals surface area contributed by atoms with Gasteiger partial charge >= 0.3 is 0 Å². The zero-order valence-electron chi connectivity index (χ0n) is 15.5. The van der Waals surface area contributed by atoms with E-state index in [1.807, 2.05) is 18.2 Å². The Morgan fingerprint density at radius 1 is 0.931 bits per heavy atom. The van der Waals surface area contributed by atoms with E-state index in [9.17, 15) is 13.2 Å². The molecule has 3 aromatic rings. The molecular formula is C21H19ClN2O4S. The summed E-state index contributed by atoms with van der Waals surface area (Å²) in [5.74, 6) is 0.237. The van der Waals surface area contributed by atoms with Crippen molar-refractivity contribution in [3.05, 3.63) is 83.9 Å². The summed E-state index contributed by atoms with van der Waals surface area (Å²) in [6.07, 6.45) is -0.720. The lowest BCUT2D eigenvalue weighted by Gasteiger charge is -2.15. The number of amides is 1. The molecule has 0 aromatic heterocycles. The van der Waals surface area contributed by atoms with E-state index in [1.54, 1.807) is 43.3 Å². The molecule has 0 saturated carbocycles. The fraction of sp³-hybridized carbons (Fsp3) is 0.0952. The number of sulfonamides is 1. The fourth-order valence-electron chi connectivity index (χ4n) is 2.47. The Balaban J connectivity index is 1.65. The highest BCUT2D eigenvalue weighted by atomic mass is 35.5. The minimum absolute atomic E-state index is 0.0454. The first kappa shape index (κ1) is 20.7. The average Bonchev–Trinajstić information content (AvgIpc) is 2.71. The van der Waals surface area contributed by atoms with Gasteiger partial charge in [-0.25, -0.2) is 8.42 Å². The first-order valence-electron chi connectivity index (χ1n) is 8.75. The van der Waals surface area contributed by atoms with Crippen molar-refractivity contribution >= 4 is 38.9 Å². The van der Waals surface area contributed by atoms with E-state index in [-0.39, 0.29) is 10.8 Å². The third-order valence-electron chi connectivity index (χ3n) is 3.98. The van der Waals surface area contributed by atoms with Crippen molar-refractivity contribution < 1.29 is 17.9 Å². The highest BCUT2D eigenvalue weighted by Gasteiger charge is 2.17. The smallest absolute Gasteiger partial charge is 0.265 e. The molecule has 0 radical (unpaired) electrons. The number of nitrogens with one attached hydrogen (secondary N) is 2. The average molecular weight is 431 g/mol. The molecule has 0 heterocycles. The third kappa shape index (κ3) is 5.49. The van der Waals surface area contributed by atoms with Crippen LogP contribution >= 0.6 is 11.6 Å². The van der Waals surface area contributed by atoms with Gasteiger partial charge in [-0.05, 0) is 55.5 Å². The Kier molecular flexibility index (Phi) is 6.41. The molecule has 3 rings (SSSR count). The first-order valence-corrected chi connectivity index (χ1v) is 10.6. The summed E-state index contributed by atoms with van der Waals surface area (Å²) < 4.78 is 33.1. The number of rotatable bonds is 7. The number of anilines is 2. The highest BCUT2D eigenvalue weighted by molar-refractivity contribution is 7.92. The molecule has 1 unspecified atom stereocenters. The lowest BCUT2D eigenvalue weighted by molar-refractivity contribution is -0.122. The summed E-state index contributed by atoms with van der Waals surface area (Å²) in [7, 11) is -3.81. The van der Waals surface area contributed by atoms with Crippen molar-refractivity contribution in [3.8, 4) is 5.75 Å². The van der Waals surface area contributed by atoms with Gasteiger partial charge in [-0.3, -0.25) is 9.52 Å². The first-order chi connectivity index (χ1) is 13.8. The van der Waals surface area contributed by atoms with Crippen LogP contribution < -0.4 is 14.8 Å². The molecule has 0 fully saturated rings. The van der Waals surface area contributed by atoms with Crippen LogP contribution in [-0.4, -0.2) is 20.4 Å². The van der Waals surface area contributed by atoms with Crippen molar-refractivity contribution in [2.24, 2.45) is 0 Å². The number of benzene rings is 3. The van der Waals surface area contributed by atoms with E-state index in [0.29, 0.717) is 22.1 Å². The number of halogens is 1. The molecular weight excluding hydrogens is 412 g/mol. The zero-order valence-corrected chi connectivity index (χ0v) is 17.1. The summed E-state index contributed by atoms with van der Waals surface area (Å²) >= 11 is 6.00. The molecule has 0 aliphatic rings. The molecule has 3 aromatic carbocycles. The second kappa shape index (κ2) is 8.98. The highest BCUT2D eigenvalue weighted by Crippen LogP contribution is 2.24. The number of carbonyl (C=O) groups excluding carboxylic acids is 1. The predicted molar refractivity (Wildman–Crippen MR) is 114 cm³/mol. The maximum Gasteiger partial charge on any atom is 0.265 e. The van der Waals surface area contributed by atoms with E-state index in [2.05, 4.69) is 10.0 Å². The van der Waals surface area contributed by atoms with Crippen molar-refractivity contribution in [1.29, 1.82) is 0 Å². The minimum Gasteiger partial charge on any atom is -0.481 e. The molecule has 1 atom stereocenters. The SMILES string of the molecule is CC(Oc1ccccc1)C(=O)Nc1ccc(S(=O)(=O)Nc2ccccc2Cl)cc1. The number of carbonyl (C=O) groups is 1. The molecule has 0 saturated heterocycles. The van der Waals surface area contributed by atoms with E-state index in [0.717, 1.165) is 0 Å². The summed E-state index contributed by atoms with van der Waals surface area (Å²) in [5, 5.41) is 3.00. The number of hydrogen-bond acceptors (Lipinski definition) is 4. The van der Waals surface area contributed by atoms with Gasteiger partial charge in [-0.15, -0.1) is 0 Å². The monoisotopic (exact) mass is 430 g/mol. The van der Waals surface area contributed by atoms with Crippen LogP contribution in [0.1, 0.15) is 6.92 Å². The van der Waals surface area contributed by atoms with Crippen molar-refractivity contribution in [1.82, 2.24) is 0 Å². The van der Waals surface area contributed by atoms with E-state index >= 15 is 0 Å². The van der Waals surface area contributed by atoms with Crippen molar-refractivity contribution in [2.75, 3.05) is 10.0 Å². The van der Waals surface area contributed by atoms with Crippen LogP contribution in [0.4, 0.5) is 11.4 Å². The summed E-state index contributed by atoms with van der Waals surface area (Å²) in [6, 6.07) is 21.4. The van der Waals surface area contributed by atoms with Gasteiger partial charge in [-0.2, -0.15) is 0 Å². The lowest BCUT2D eigenvalue weighted by Crippen LogP contribution is -2.30. The maximum atomic E-state index is 12.5. The van der Waals surface area contributed by atoms with Crippen molar-refractivity contribution in [2.45, 2.75) is 17.9 Å². The molecule has 0 spiro atoms. The molecule has 2 N–H and O–H groups in total. The Bertz CT molecular complexity index is 1090. The summed E-state index contributed by atoms with van der Waals surface area (Å²) in [6.45, 7) is 1.63. The van der Waals surface area contributed by atoms with Gasteiger partial charge in [0.05, 0.1) is 15.6 Å². The molecule has 8 heteroatoms. The van der Waals surface area contributed by atoms with Gasteiger partial charge in [-0.1, -0.05) is 41.9 Å². The van der Waals surface area contributed by atoms with Crippen LogP contribution in [0.3, 0.4) is 0 Å². The van der Waals surface area contributed by atoms with Gasteiger partial charge in [0.2, 0.25) is 0 Å². The predicted octanol–water partition coefficient (Wildman–Crippen LogP) is 4.55. The second-order valence-electron chi connectivity index (χ2n) is 6.17. The van der Waals surface area contributed by atoms with Crippen LogP contribution in [-0.2, 0) is 14.8 Å². The van der Waals surface area contributed by atoms with E-state index in [1.165, 1.54) is 24.3 Å². The topological polar surface area (TPSA) is 84.5 Å². The van der Waals surface area contributed by atoms with Crippen LogP contribution in [0.15, 0.2) is 83.8 Å². The van der Waals surface area contributed by atoms with Crippen molar-refractivity contribution in [3.63, 3.8) is 0 Å². The van der Waals surface area contributed by atoms with E-state index in [4.69, 9.17) is 16.3 Å². The normalized spacial score (nSPS) is 12.1. The summed E-state index contributed by atoms with van der Waals surface area (Å²) in [4.78, 5) is 12.3. The number of para-hydroxylation sites is 2. The Labute approximate surface area is 174 Å². The number of hydrogen-bond donors (Lipinski definition) is 2. The Morgan fingerprint density at radius 3 is 2.21 bits per heavy atom. The van der Waals surface area contributed by atoms with Gasteiger partial charge in [0.25, 0.3) is 15.9 Å². The molecule has 0 aliphatic heterocycles. The second-order valence-corrected chi connectivity index (χ2v) is 8.26. The van der Waals surface area contributed by atoms with Crippen LogP contribution in [0.2, 0.25) is 5.02 Å². The molecule has 150 valence electrons. The molecule has 1 amide bonds. The largest absolute Gasteiger partial charge is 0.481 e. The van der Waals surface area contributed by atoms with Crippen LogP contribution in [0.25, 0.3) is 0 Å². The number of ether oxygens (including phenoxy) is 1. The standard InChI is InChI=1S/C21H19ClN2O4S/c1-15(28-17-7-3-2-4-8-17)21(25)23-16-11-13-18(14-12-16)29(26,27)24-20-10-6-5-9-19(20)22/h2-15,24H,1H3,(H,23,25). The van der Waals surface area contributed by atoms with Gasteiger partial charge in [0.15, 0.2) is 6.10 Å². The van der Waals surface area contributed by atoms with Gasteiger partial charge in [0.1, 0.15) is 5.75 Å². The van der Waals surface area contributed by atoms with Gasteiger partial charge < -0.3 is 10.1 Å². The van der Waals surface area contributed by atoms with Crippen LogP contribution in [0, 0.1) is 0 Å². The zero-order chi connectivity index (χ0) is 20.9. The minimum atomic E-state index is -3.81. The van der Waals surface area contributed by atoms with Gasteiger partial charge in [0, 0.05) is 5.69 Å². The Morgan fingerprint density at radius 2 is 1.55 bits per heavy atom. The van der Waals surface area contributed by atoms with Crippen LogP contribution in [0.5, 0.6) is 5.75 Å². The molecule has 0 bridgehead atoms. The molecule has 29 heavy (non-hydrogen) atoms. The fourth-order valence-corrected chi connectivity index (χ4v) is 3.78. The third-order valence-corrected chi connectivity index (χ3v) is 5.69. The molecule has 6 nitrogen and oxygen atoms in total. The quantitative estimate of drug-likeness (QED) is 0.576.